The molecule has 0 unspecified atom stereocenters. The summed E-state index contributed by atoms with van der Waals surface area (Å²) in [6.07, 6.45) is 2.24. The lowest BCUT2D eigenvalue weighted by Gasteiger charge is -2.14. The van der Waals surface area contributed by atoms with Gasteiger partial charge in [0.15, 0.2) is 0 Å². The molecule has 1 saturated carbocycles. The lowest BCUT2D eigenvalue weighted by atomic mass is 10.1. The summed E-state index contributed by atoms with van der Waals surface area (Å²) in [5.41, 5.74) is -0.358. The number of rotatable bonds is 5. The second kappa shape index (κ2) is 5.34. The van der Waals surface area contributed by atoms with Crippen LogP contribution in [0.15, 0.2) is 18.2 Å². The largest absolute Gasteiger partial charge is 0.480 e. The van der Waals surface area contributed by atoms with Gasteiger partial charge in [-0.2, -0.15) is 0 Å². The Balaban J connectivity index is 2.07. The van der Waals surface area contributed by atoms with Gasteiger partial charge in [-0.15, -0.1) is 0 Å². The molecular weight excluding hydrogens is 256 g/mol. The van der Waals surface area contributed by atoms with E-state index in [4.69, 9.17) is 5.11 Å². The van der Waals surface area contributed by atoms with E-state index in [1.54, 1.807) is 0 Å². The molecule has 0 saturated heterocycles. The molecule has 1 fully saturated rings. The Kier molecular flexibility index (Phi) is 3.78. The molecule has 19 heavy (non-hydrogen) atoms. The van der Waals surface area contributed by atoms with Crippen molar-refractivity contribution in [2.24, 2.45) is 5.92 Å². The van der Waals surface area contributed by atoms with Crippen molar-refractivity contribution in [3.8, 4) is 0 Å². The Hall–Kier alpha value is -1.98. The van der Waals surface area contributed by atoms with Crippen molar-refractivity contribution in [3.63, 3.8) is 0 Å². The van der Waals surface area contributed by atoms with Gasteiger partial charge >= 0.3 is 5.97 Å². The number of carbonyl (C=O) groups excluding carboxylic acids is 1. The summed E-state index contributed by atoms with van der Waals surface area (Å²) < 4.78 is 26.1. The molecule has 1 atom stereocenters. The summed E-state index contributed by atoms with van der Waals surface area (Å²) in [6.45, 7) is 0. The van der Waals surface area contributed by atoms with Gasteiger partial charge in [-0.25, -0.2) is 13.6 Å². The molecule has 1 aliphatic rings. The molecule has 0 heterocycles. The van der Waals surface area contributed by atoms with Gasteiger partial charge in [-0.3, -0.25) is 4.79 Å². The molecule has 1 aromatic carbocycles. The Morgan fingerprint density at radius 2 is 2.05 bits per heavy atom. The number of hydrogen-bond donors (Lipinski definition) is 2. The third-order valence-electron chi connectivity index (χ3n) is 3.05. The molecule has 0 spiro atoms. The van der Waals surface area contributed by atoms with Crippen LogP contribution in [0.5, 0.6) is 0 Å². The normalized spacial score (nSPS) is 15.9. The molecule has 2 N–H and O–H groups in total. The molecule has 1 aliphatic carbocycles. The fourth-order valence-corrected chi connectivity index (χ4v) is 1.82. The number of carboxylic acid groups (broad SMARTS) is 1. The quantitative estimate of drug-likeness (QED) is 0.858. The highest BCUT2D eigenvalue weighted by Gasteiger charge is 2.30. The predicted molar refractivity (Wildman–Crippen MR) is 62.6 cm³/mol. The lowest BCUT2D eigenvalue weighted by molar-refractivity contribution is -0.139. The molecule has 0 aliphatic heterocycles. The lowest BCUT2D eigenvalue weighted by Crippen LogP contribution is -2.41. The maximum absolute atomic E-state index is 13.4. The fraction of sp³-hybridized carbons (Fsp3) is 0.385. The van der Waals surface area contributed by atoms with Crippen LogP contribution in [0.3, 0.4) is 0 Å². The Morgan fingerprint density at radius 1 is 1.37 bits per heavy atom. The van der Waals surface area contributed by atoms with Crippen molar-refractivity contribution >= 4 is 11.9 Å². The van der Waals surface area contributed by atoms with E-state index in [0.29, 0.717) is 18.4 Å². The van der Waals surface area contributed by atoms with Crippen LogP contribution in [-0.4, -0.2) is 23.0 Å². The number of carboxylic acids is 1. The summed E-state index contributed by atoms with van der Waals surface area (Å²) in [4.78, 5) is 22.8. The summed E-state index contributed by atoms with van der Waals surface area (Å²) >= 11 is 0. The van der Waals surface area contributed by atoms with Gasteiger partial charge in [0.25, 0.3) is 5.91 Å². The SMILES string of the molecule is O=C(N[C@@H](CC1CC1)C(=O)O)c1ccc(F)cc1F. The van der Waals surface area contributed by atoms with Crippen LogP contribution >= 0.6 is 0 Å². The summed E-state index contributed by atoms with van der Waals surface area (Å²) in [5.74, 6) is -3.48. The maximum Gasteiger partial charge on any atom is 0.326 e. The molecule has 2 rings (SSSR count). The first kappa shape index (κ1) is 13.5. The second-order valence-corrected chi connectivity index (χ2v) is 4.67. The minimum Gasteiger partial charge on any atom is -0.480 e. The van der Waals surface area contributed by atoms with Gasteiger partial charge in [-0.05, 0) is 24.5 Å². The summed E-state index contributed by atoms with van der Waals surface area (Å²) in [7, 11) is 0. The van der Waals surface area contributed by atoms with Crippen LogP contribution in [0.2, 0.25) is 0 Å². The van der Waals surface area contributed by atoms with Crippen LogP contribution in [0, 0.1) is 17.6 Å². The number of benzene rings is 1. The van der Waals surface area contributed by atoms with E-state index < -0.39 is 29.6 Å². The van der Waals surface area contributed by atoms with Crippen LogP contribution in [0.1, 0.15) is 29.6 Å². The number of amides is 1. The number of nitrogens with one attached hydrogen (secondary N) is 1. The molecule has 0 radical (unpaired) electrons. The van der Waals surface area contributed by atoms with Crippen LogP contribution < -0.4 is 5.32 Å². The van der Waals surface area contributed by atoms with Crippen LogP contribution in [0.25, 0.3) is 0 Å². The minimum absolute atomic E-state index is 0.305. The second-order valence-electron chi connectivity index (χ2n) is 4.67. The first-order chi connectivity index (χ1) is 8.97. The standard InChI is InChI=1S/C13H13F2NO3/c14-8-3-4-9(10(15)6-8)12(17)16-11(13(18)19)5-7-1-2-7/h3-4,6-7,11H,1-2,5H2,(H,16,17)(H,18,19)/t11-/m0/s1. The molecule has 102 valence electrons. The van der Waals surface area contributed by atoms with E-state index in [1.807, 2.05) is 0 Å². The van der Waals surface area contributed by atoms with Crippen LogP contribution in [-0.2, 0) is 4.79 Å². The monoisotopic (exact) mass is 269 g/mol. The van der Waals surface area contributed by atoms with Gasteiger partial charge in [0.1, 0.15) is 17.7 Å². The van der Waals surface area contributed by atoms with Gasteiger partial charge < -0.3 is 10.4 Å². The van der Waals surface area contributed by atoms with E-state index in [0.717, 1.165) is 25.0 Å². The first-order valence-electron chi connectivity index (χ1n) is 5.96. The fourth-order valence-electron chi connectivity index (χ4n) is 1.82. The molecule has 1 aromatic rings. The highest BCUT2D eigenvalue weighted by Crippen LogP contribution is 2.33. The van der Waals surface area contributed by atoms with E-state index >= 15 is 0 Å². The van der Waals surface area contributed by atoms with E-state index in [2.05, 4.69) is 5.32 Å². The van der Waals surface area contributed by atoms with Crippen molar-refractivity contribution in [1.82, 2.24) is 5.32 Å². The molecule has 0 aromatic heterocycles. The van der Waals surface area contributed by atoms with Gasteiger partial charge in [0, 0.05) is 6.07 Å². The van der Waals surface area contributed by atoms with Gasteiger partial charge in [0.2, 0.25) is 0 Å². The number of hydrogen-bond acceptors (Lipinski definition) is 2. The molecular formula is C13H13F2NO3. The average molecular weight is 269 g/mol. The van der Waals surface area contributed by atoms with Gasteiger partial charge in [0.05, 0.1) is 5.56 Å². The predicted octanol–water partition coefficient (Wildman–Crippen LogP) is 1.95. The smallest absolute Gasteiger partial charge is 0.326 e. The first-order valence-corrected chi connectivity index (χ1v) is 5.96. The summed E-state index contributed by atoms with van der Waals surface area (Å²) in [5, 5.41) is 11.3. The van der Waals surface area contributed by atoms with Gasteiger partial charge in [-0.1, -0.05) is 12.8 Å². The molecule has 0 bridgehead atoms. The number of aliphatic carboxylic acids is 1. The third kappa shape index (κ3) is 3.49. The number of carbonyl (C=O) groups is 2. The van der Waals surface area contributed by atoms with Crippen molar-refractivity contribution in [1.29, 1.82) is 0 Å². The zero-order valence-corrected chi connectivity index (χ0v) is 10.0. The summed E-state index contributed by atoms with van der Waals surface area (Å²) in [6, 6.07) is 1.50. The van der Waals surface area contributed by atoms with E-state index in [-0.39, 0.29) is 5.56 Å². The molecule has 1 amide bonds. The zero-order valence-electron chi connectivity index (χ0n) is 10.0. The molecule has 4 nitrogen and oxygen atoms in total. The minimum atomic E-state index is -1.15. The van der Waals surface area contributed by atoms with Crippen LogP contribution in [0.4, 0.5) is 8.78 Å². The Morgan fingerprint density at radius 3 is 2.58 bits per heavy atom. The number of halogens is 2. The van der Waals surface area contributed by atoms with Crippen molar-refractivity contribution < 1.29 is 23.5 Å². The van der Waals surface area contributed by atoms with E-state index in [9.17, 15) is 18.4 Å². The zero-order chi connectivity index (χ0) is 14.0. The Bertz CT molecular complexity index is 515. The Labute approximate surface area is 108 Å². The maximum atomic E-state index is 13.4. The highest BCUT2D eigenvalue weighted by atomic mass is 19.1. The van der Waals surface area contributed by atoms with Crippen molar-refractivity contribution in [3.05, 3.63) is 35.4 Å². The van der Waals surface area contributed by atoms with Crippen molar-refractivity contribution in [2.45, 2.75) is 25.3 Å². The average Bonchev–Trinajstić information content (AvgIpc) is 3.11. The topological polar surface area (TPSA) is 66.4 Å². The highest BCUT2D eigenvalue weighted by molar-refractivity contribution is 5.96. The van der Waals surface area contributed by atoms with Crippen molar-refractivity contribution in [2.75, 3.05) is 0 Å². The third-order valence-corrected chi connectivity index (χ3v) is 3.05. The van der Waals surface area contributed by atoms with E-state index in [1.165, 1.54) is 0 Å². The molecule has 6 heteroatoms.